The average molecular weight is 897 g/mol. The number of carbonyl (C=O) groups excluding carboxylic acids is 4. The molecule has 2 N–H and O–H groups in total. The monoisotopic (exact) mass is 890 g/mol. The van der Waals surface area contributed by atoms with Gasteiger partial charge < -0.3 is 5.73 Å². The molecule has 3 rings (SSSR count). The van der Waals surface area contributed by atoms with Gasteiger partial charge in [0, 0.05) is 52.5 Å². The number of nitrogens with two attached hydrogens (primary N) is 1. The molecule has 184 valence electrons. The average Bonchev–Trinajstić information content (AvgIpc) is 3.03. The van der Waals surface area contributed by atoms with E-state index in [1.807, 2.05) is 12.1 Å². The summed E-state index contributed by atoms with van der Waals surface area (Å²) in [6, 6.07) is 7.41. The smallest absolute Gasteiger partial charge is 0.234 e. The van der Waals surface area contributed by atoms with Crippen LogP contribution < -0.4 is 10.6 Å². The van der Waals surface area contributed by atoms with Crippen LogP contribution in [-0.2, 0) is 19.2 Å². The second kappa shape index (κ2) is 15.4. The van der Waals surface area contributed by atoms with Gasteiger partial charge in [0.15, 0.2) is 0 Å². The minimum absolute atomic E-state index is 0.0316. The first-order valence-electron chi connectivity index (χ1n) is 9.01. The number of benzene rings is 2. The fourth-order valence-electron chi connectivity index (χ4n) is 2.32. The second-order valence-electron chi connectivity index (χ2n) is 6.33. The summed E-state index contributed by atoms with van der Waals surface area (Å²) in [5.74, 6) is -0.317. The van der Waals surface area contributed by atoms with Crippen molar-refractivity contribution in [1.29, 1.82) is 0 Å². The van der Waals surface area contributed by atoms with E-state index >= 15 is 0 Å². The zero-order valence-corrected chi connectivity index (χ0v) is 27.8. The molecule has 34 heavy (non-hydrogen) atoms. The van der Waals surface area contributed by atoms with Crippen molar-refractivity contribution in [1.82, 2.24) is 0 Å². The van der Waals surface area contributed by atoms with Crippen molar-refractivity contribution in [2.75, 3.05) is 10.6 Å². The maximum atomic E-state index is 11.6. The van der Waals surface area contributed by atoms with Crippen LogP contribution in [0.2, 0.25) is 0 Å². The summed E-state index contributed by atoms with van der Waals surface area (Å²) in [7, 11) is 0. The van der Waals surface area contributed by atoms with Gasteiger partial charge >= 0.3 is 0 Å². The molecule has 0 saturated carbocycles. The van der Waals surface area contributed by atoms with E-state index in [1.54, 1.807) is 12.1 Å². The zero-order valence-electron chi connectivity index (χ0n) is 16.8. The Balaban J connectivity index is 0.000000277. The van der Waals surface area contributed by atoms with Crippen molar-refractivity contribution < 1.29 is 19.2 Å². The van der Waals surface area contributed by atoms with E-state index in [2.05, 4.69) is 95.6 Å². The lowest BCUT2D eigenvalue weighted by Crippen LogP contribution is -2.29. The standard InChI is InChI=1S/C10H6Br3NO2.C6H4Br3N.C4H4Cl2O2/c11-5-3-6(12)10(7(13)4-5)14-8(15)1-2-9(14)16;7-3-1-4(8)6(10)5(9)2-3;5-3(7)1-2-4(6)8/h3-4H,1-2H2;1-2H,10H2;1-2H2. The highest BCUT2D eigenvalue weighted by molar-refractivity contribution is 9.12. The Morgan fingerprint density at radius 2 is 1.06 bits per heavy atom. The minimum atomic E-state index is -0.529. The normalized spacial score (nSPS) is 12.5. The van der Waals surface area contributed by atoms with E-state index in [9.17, 15) is 19.2 Å². The van der Waals surface area contributed by atoms with Crippen molar-refractivity contribution >= 4 is 152 Å². The van der Waals surface area contributed by atoms with E-state index in [4.69, 9.17) is 28.9 Å². The van der Waals surface area contributed by atoms with Gasteiger partial charge in [0.25, 0.3) is 0 Å². The number of halogens is 8. The Bertz CT molecular complexity index is 1040. The van der Waals surface area contributed by atoms with Gasteiger partial charge in [-0.15, -0.1) is 0 Å². The number of nitrogens with zero attached hydrogens (tertiary/aromatic N) is 1. The molecule has 0 atom stereocenters. The van der Waals surface area contributed by atoms with Crippen LogP contribution in [0.15, 0.2) is 51.1 Å². The van der Waals surface area contributed by atoms with Crippen LogP contribution in [0, 0.1) is 0 Å². The third kappa shape index (κ3) is 10.7. The summed E-state index contributed by atoms with van der Waals surface area (Å²) in [6.45, 7) is 0. The lowest BCUT2D eigenvalue weighted by atomic mass is 10.3. The molecule has 0 bridgehead atoms. The number of amides is 2. The van der Waals surface area contributed by atoms with Crippen molar-refractivity contribution in [2.24, 2.45) is 0 Å². The lowest BCUT2D eigenvalue weighted by Gasteiger charge is -2.17. The van der Waals surface area contributed by atoms with Crippen LogP contribution in [0.3, 0.4) is 0 Å². The third-order valence-electron chi connectivity index (χ3n) is 3.82. The lowest BCUT2D eigenvalue weighted by molar-refractivity contribution is -0.121. The van der Waals surface area contributed by atoms with E-state index in [0.29, 0.717) is 14.6 Å². The Hall–Kier alpha value is 0.180. The second-order valence-corrected chi connectivity index (χ2v) is 12.4. The molecule has 6 nitrogen and oxygen atoms in total. The molecule has 1 aliphatic heterocycles. The van der Waals surface area contributed by atoms with Crippen LogP contribution in [0.1, 0.15) is 25.7 Å². The number of imide groups is 1. The van der Waals surface area contributed by atoms with Crippen LogP contribution in [-0.4, -0.2) is 22.3 Å². The molecule has 0 radical (unpaired) electrons. The summed E-state index contributed by atoms with van der Waals surface area (Å²) in [4.78, 5) is 44.3. The molecule has 1 aliphatic rings. The van der Waals surface area contributed by atoms with E-state index in [-0.39, 0.29) is 37.5 Å². The van der Waals surface area contributed by atoms with E-state index in [0.717, 1.165) is 23.6 Å². The molecule has 1 fully saturated rings. The molecular formula is C20H14Br6Cl2N2O4. The summed E-state index contributed by atoms with van der Waals surface area (Å²) in [6.07, 6.45) is 0.634. The Morgan fingerprint density at radius 3 is 1.38 bits per heavy atom. The highest BCUT2D eigenvalue weighted by atomic mass is 79.9. The maximum absolute atomic E-state index is 11.6. The van der Waals surface area contributed by atoms with Crippen molar-refractivity contribution in [3.63, 3.8) is 0 Å². The molecule has 2 aromatic rings. The summed E-state index contributed by atoms with van der Waals surface area (Å²) < 4.78 is 5.08. The van der Waals surface area contributed by atoms with Gasteiger partial charge in [-0.3, -0.25) is 19.2 Å². The number of hydrogen-bond acceptors (Lipinski definition) is 5. The number of nitrogen functional groups attached to an aromatic ring is 1. The van der Waals surface area contributed by atoms with Crippen LogP contribution in [0.25, 0.3) is 0 Å². The van der Waals surface area contributed by atoms with Gasteiger partial charge in [-0.05, 0) is 111 Å². The first kappa shape index (κ1) is 32.2. The maximum Gasteiger partial charge on any atom is 0.234 e. The largest absolute Gasteiger partial charge is 0.397 e. The minimum Gasteiger partial charge on any atom is -0.397 e. The quantitative estimate of drug-likeness (QED) is 0.189. The van der Waals surface area contributed by atoms with Crippen LogP contribution >= 0.6 is 119 Å². The highest BCUT2D eigenvalue weighted by Crippen LogP contribution is 2.39. The van der Waals surface area contributed by atoms with Gasteiger partial charge in [0.05, 0.1) is 11.4 Å². The molecule has 0 unspecified atom stereocenters. The molecule has 0 spiro atoms. The molecular weight excluding hydrogens is 883 g/mol. The van der Waals surface area contributed by atoms with Gasteiger partial charge in [0.2, 0.25) is 22.3 Å². The van der Waals surface area contributed by atoms with Gasteiger partial charge in [0.1, 0.15) is 0 Å². The molecule has 1 saturated heterocycles. The first-order chi connectivity index (χ1) is 15.7. The Kier molecular flexibility index (Phi) is 14.6. The van der Waals surface area contributed by atoms with E-state index in [1.165, 1.54) is 4.90 Å². The summed E-state index contributed by atoms with van der Waals surface area (Å²) >= 11 is 29.8. The number of hydrogen-bond donors (Lipinski definition) is 1. The molecule has 0 aromatic heterocycles. The molecule has 2 aromatic carbocycles. The molecule has 14 heteroatoms. The fraction of sp³-hybridized carbons (Fsp3) is 0.200. The number of carbonyl (C=O) groups is 4. The van der Waals surface area contributed by atoms with Crippen molar-refractivity contribution in [2.45, 2.75) is 25.7 Å². The molecule has 1 heterocycles. The zero-order chi connectivity index (χ0) is 26.2. The number of anilines is 2. The first-order valence-corrected chi connectivity index (χ1v) is 14.5. The predicted octanol–water partition coefficient (Wildman–Crippen LogP) is 8.48. The van der Waals surface area contributed by atoms with Crippen LogP contribution in [0.5, 0.6) is 0 Å². The van der Waals surface area contributed by atoms with Gasteiger partial charge in [-0.2, -0.15) is 0 Å². The highest BCUT2D eigenvalue weighted by Gasteiger charge is 2.33. The third-order valence-corrected chi connectivity index (χ3v) is 7.63. The summed E-state index contributed by atoms with van der Waals surface area (Å²) in [5, 5.41) is -1.06. The number of rotatable bonds is 4. The Labute approximate surface area is 256 Å². The topological polar surface area (TPSA) is 97.5 Å². The fourth-order valence-corrected chi connectivity index (χ4v) is 7.39. The van der Waals surface area contributed by atoms with Gasteiger partial charge in [-0.1, -0.05) is 31.9 Å². The van der Waals surface area contributed by atoms with Crippen LogP contribution in [0.4, 0.5) is 11.4 Å². The van der Waals surface area contributed by atoms with Crippen molar-refractivity contribution in [3.05, 3.63) is 51.1 Å². The molecule has 2 amide bonds. The molecule has 0 aliphatic carbocycles. The predicted molar refractivity (Wildman–Crippen MR) is 156 cm³/mol. The summed E-state index contributed by atoms with van der Waals surface area (Å²) in [5.41, 5.74) is 6.94. The SMILES string of the molecule is Nc1c(Br)cc(Br)cc1Br.O=C(Cl)CCC(=O)Cl.O=C1CCC(=O)N1c1c(Br)cc(Br)cc1Br. The van der Waals surface area contributed by atoms with E-state index < -0.39 is 10.5 Å². The van der Waals surface area contributed by atoms with Crippen molar-refractivity contribution in [3.8, 4) is 0 Å². The Morgan fingerprint density at radius 1 is 0.735 bits per heavy atom. The van der Waals surface area contributed by atoms with Gasteiger partial charge in [-0.25, -0.2) is 4.90 Å².